The van der Waals surface area contributed by atoms with Crippen molar-refractivity contribution in [2.75, 3.05) is 0 Å². The molecule has 0 saturated carbocycles. The Morgan fingerprint density at radius 2 is 1.37 bits per heavy atom. The predicted octanol–water partition coefficient (Wildman–Crippen LogP) is 7.89. The number of nitrogens with zero attached hydrogens (tertiary/aromatic N) is 3. The van der Waals surface area contributed by atoms with Crippen LogP contribution >= 0.6 is 0 Å². The first-order valence-electron chi connectivity index (χ1n) is 12.3. The highest BCUT2D eigenvalue weighted by Crippen LogP contribution is 2.13. The average Bonchev–Trinajstić information content (AvgIpc) is 3.20. The number of carbonyl (C=O) groups is 1. The number of fused-ring (bicyclic) bond motifs is 1. The van der Waals surface area contributed by atoms with Crippen molar-refractivity contribution in [3.8, 4) is 0 Å². The van der Waals surface area contributed by atoms with Crippen molar-refractivity contribution in [1.29, 1.82) is 0 Å². The van der Waals surface area contributed by atoms with E-state index < -0.39 is 0 Å². The summed E-state index contributed by atoms with van der Waals surface area (Å²) in [4.78, 5) is 12.3. The number of carbonyl (C=O) groups excluding carboxylic acids is 1. The van der Waals surface area contributed by atoms with Crippen molar-refractivity contribution in [2.24, 2.45) is 0 Å². The van der Waals surface area contributed by atoms with Crippen LogP contribution in [0.1, 0.15) is 114 Å². The predicted molar refractivity (Wildman–Crippen MR) is 127 cm³/mol. The van der Waals surface area contributed by atoms with E-state index in [0.29, 0.717) is 6.42 Å². The largest absolute Gasteiger partial charge is 0.273 e. The van der Waals surface area contributed by atoms with E-state index in [4.69, 9.17) is 0 Å². The SMILES string of the molecule is CCCCCCCCCCC/C=C/CCCCCCC(=O)n1nnc2ccccc21. The summed E-state index contributed by atoms with van der Waals surface area (Å²) in [5, 5.41) is 8.05. The molecule has 30 heavy (non-hydrogen) atoms. The van der Waals surface area contributed by atoms with E-state index in [9.17, 15) is 4.79 Å². The van der Waals surface area contributed by atoms with Crippen molar-refractivity contribution >= 4 is 16.9 Å². The molecule has 2 aromatic rings. The molecule has 0 unspecified atom stereocenters. The normalized spacial score (nSPS) is 11.6. The van der Waals surface area contributed by atoms with Crippen LogP contribution in [0.25, 0.3) is 11.0 Å². The van der Waals surface area contributed by atoms with Gasteiger partial charge < -0.3 is 0 Å². The third kappa shape index (κ3) is 9.69. The van der Waals surface area contributed by atoms with Gasteiger partial charge in [0.2, 0.25) is 5.91 Å². The van der Waals surface area contributed by atoms with Gasteiger partial charge in [0.25, 0.3) is 0 Å². The number of aromatic nitrogens is 3. The van der Waals surface area contributed by atoms with Crippen molar-refractivity contribution < 1.29 is 4.79 Å². The van der Waals surface area contributed by atoms with Gasteiger partial charge in [0.15, 0.2) is 0 Å². The van der Waals surface area contributed by atoms with E-state index in [1.165, 1.54) is 88.2 Å². The smallest absolute Gasteiger partial charge is 0.248 e. The molecule has 0 aliphatic heterocycles. The highest BCUT2D eigenvalue weighted by molar-refractivity contribution is 5.88. The second kappa shape index (κ2) is 15.8. The zero-order valence-electron chi connectivity index (χ0n) is 19.0. The number of benzene rings is 1. The maximum Gasteiger partial charge on any atom is 0.248 e. The van der Waals surface area contributed by atoms with Gasteiger partial charge in [-0.05, 0) is 44.2 Å². The van der Waals surface area contributed by atoms with Crippen LogP contribution in [0.3, 0.4) is 0 Å². The summed E-state index contributed by atoms with van der Waals surface area (Å²) in [6.45, 7) is 2.28. The van der Waals surface area contributed by atoms with Crippen molar-refractivity contribution in [3.63, 3.8) is 0 Å². The summed E-state index contributed by atoms with van der Waals surface area (Å²) < 4.78 is 1.45. The zero-order chi connectivity index (χ0) is 21.3. The van der Waals surface area contributed by atoms with Gasteiger partial charge in [-0.3, -0.25) is 4.79 Å². The summed E-state index contributed by atoms with van der Waals surface area (Å²) in [6.07, 6.45) is 24.7. The summed E-state index contributed by atoms with van der Waals surface area (Å²) in [5.41, 5.74) is 1.58. The number of allylic oxidation sites excluding steroid dienone is 2. The van der Waals surface area contributed by atoms with Gasteiger partial charge in [-0.15, -0.1) is 5.10 Å². The first-order chi connectivity index (χ1) is 14.8. The standard InChI is InChI=1S/C26H41N3O/c1-2-3-4-5-6-7-8-9-10-11-12-13-14-15-16-17-18-23-26(30)29-25-22-20-19-21-24(25)27-28-29/h12-13,19-22H,2-11,14-18,23H2,1H3/b13-12+. The zero-order valence-corrected chi connectivity index (χ0v) is 19.0. The van der Waals surface area contributed by atoms with Crippen molar-refractivity contribution in [1.82, 2.24) is 15.0 Å². The van der Waals surface area contributed by atoms with Gasteiger partial charge in [-0.1, -0.05) is 101 Å². The van der Waals surface area contributed by atoms with Gasteiger partial charge >= 0.3 is 0 Å². The van der Waals surface area contributed by atoms with Crippen LogP contribution in [0, 0.1) is 0 Å². The van der Waals surface area contributed by atoms with Gasteiger partial charge in [-0.2, -0.15) is 4.68 Å². The number of para-hydroxylation sites is 1. The first kappa shape index (κ1) is 24.3. The molecule has 1 aromatic heterocycles. The Hall–Kier alpha value is -1.97. The monoisotopic (exact) mass is 411 g/mol. The maximum atomic E-state index is 12.3. The van der Waals surface area contributed by atoms with Crippen molar-refractivity contribution in [2.45, 2.75) is 110 Å². The molecule has 0 aliphatic carbocycles. The van der Waals surface area contributed by atoms with E-state index in [2.05, 4.69) is 29.4 Å². The lowest BCUT2D eigenvalue weighted by Gasteiger charge is -2.02. The van der Waals surface area contributed by atoms with E-state index in [1.54, 1.807) is 0 Å². The van der Waals surface area contributed by atoms with Crippen LogP contribution in [-0.2, 0) is 0 Å². The van der Waals surface area contributed by atoms with Gasteiger partial charge in [0, 0.05) is 6.42 Å². The highest BCUT2D eigenvalue weighted by atomic mass is 16.2. The molecule has 0 saturated heterocycles. The topological polar surface area (TPSA) is 47.8 Å². The van der Waals surface area contributed by atoms with Crippen LogP contribution < -0.4 is 0 Å². The minimum Gasteiger partial charge on any atom is -0.273 e. The van der Waals surface area contributed by atoms with Crippen LogP contribution in [0.4, 0.5) is 0 Å². The molecule has 0 amide bonds. The lowest BCUT2D eigenvalue weighted by atomic mass is 10.1. The summed E-state index contributed by atoms with van der Waals surface area (Å²) in [6, 6.07) is 7.61. The molecule has 0 radical (unpaired) electrons. The molecule has 4 heteroatoms. The van der Waals surface area contributed by atoms with Crippen LogP contribution in [0.2, 0.25) is 0 Å². The molecule has 0 fully saturated rings. The number of rotatable bonds is 17. The molecule has 0 spiro atoms. The lowest BCUT2D eigenvalue weighted by Crippen LogP contribution is -2.12. The summed E-state index contributed by atoms with van der Waals surface area (Å²) in [5.74, 6) is 0.0459. The Bertz CT molecular complexity index is 735. The minimum atomic E-state index is 0.0459. The average molecular weight is 412 g/mol. The molecule has 2 rings (SSSR count). The van der Waals surface area contributed by atoms with E-state index in [0.717, 1.165) is 23.9 Å². The van der Waals surface area contributed by atoms with Crippen LogP contribution in [-0.4, -0.2) is 20.9 Å². The molecule has 1 aromatic carbocycles. The quantitative estimate of drug-likeness (QED) is 0.196. The Morgan fingerprint density at radius 3 is 2.03 bits per heavy atom. The Morgan fingerprint density at radius 1 is 0.800 bits per heavy atom. The number of unbranched alkanes of at least 4 members (excludes halogenated alkanes) is 13. The molecule has 1 heterocycles. The molecule has 0 N–H and O–H groups in total. The lowest BCUT2D eigenvalue weighted by molar-refractivity contribution is 0.0886. The number of hydrogen-bond donors (Lipinski definition) is 0. The Balaban J connectivity index is 1.39. The molecular weight excluding hydrogens is 370 g/mol. The molecular formula is C26H41N3O. The number of hydrogen-bond acceptors (Lipinski definition) is 3. The minimum absolute atomic E-state index is 0.0459. The fraction of sp³-hybridized carbons (Fsp3) is 0.654. The summed E-state index contributed by atoms with van der Waals surface area (Å²) >= 11 is 0. The molecule has 0 aliphatic rings. The third-order valence-corrected chi connectivity index (χ3v) is 5.74. The molecule has 166 valence electrons. The van der Waals surface area contributed by atoms with Crippen molar-refractivity contribution in [3.05, 3.63) is 36.4 Å². The Labute approximate surface area is 183 Å². The van der Waals surface area contributed by atoms with E-state index >= 15 is 0 Å². The van der Waals surface area contributed by atoms with Gasteiger partial charge in [-0.25, -0.2) is 0 Å². The van der Waals surface area contributed by atoms with Crippen LogP contribution in [0.15, 0.2) is 36.4 Å². The fourth-order valence-electron chi connectivity index (χ4n) is 3.86. The second-order valence-corrected chi connectivity index (χ2v) is 8.43. The first-order valence-corrected chi connectivity index (χ1v) is 12.3. The molecule has 0 bridgehead atoms. The summed E-state index contributed by atoms with van der Waals surface area (Å²) in [7, 11) is 0. The third-order valence-electron chi connectivity index (χ3n) is 5.74. The fourth-order valence-corrected chi connectivity index (χ4v) is 3.86. The Kier molecular flexibility index (Phi) is 12.8. The van der Waals surface area contributed by atoms with Gasteiger partial charge in [0.1, 0.15) is 5.52 Å². The highest BCUT2D eigenvalue weighted by Gasteiger charge is 2.10. The second-order valence-electron chi connectivity index (χ2n) is 8.43. The molecule has 0 atom stereocenters. The van der Waals surface area contributed by atoms with Crippen LogP contribution in [0.5, 0.6) is 0 Å². The maximum absolute atomic E-state index is 12.3. The van der Waals surface area contributed by atoms with E-state index in [-0.39, 0.29) is 5.91 Å². The van der Waals surface area contributed by atoms with Gasteiger partial charge in [0.05, 0.1) is 5.52 Å². The molecule has 4 nitrogen and oxygen atoms in total. The van der Waals surface area contributed by atoms with E-state index in [1.807, 2.05) is 24.3 Å².